The first-order valence-electron chi connectivity index (χ1n) is 9.67. The van der Waals surface area contributed by atoms with Crippen LogP contribution < -0.4 is 4.90 Å². The van der Waals surface area contributed by atoms with Gasteiger partial charge in [0.2, 0.25) is 0 Å². The lowest BCUT2D eigenvalue weighted by atomic mass is 10.1. The molecule has 1 amide bonds. The minimum absolute atomic E-state index is 0.0852. The van der Waals surface area contributed by atoms with E-state index in [1.54, 1.807) is 15.7 Å². The highest BCUT2D eigenvalue weighted by Gasteiger charge is 2.21. The molecular formula is C22H24N4O2S. The van der Waals surface area contributed by atoms with Crippen LogP contribution in [0, 0.1) is 4.77 Å². The number of amides is 1. The Morgan fingerprint density at radius 2 is 1.79 bits per heavy atom. The summed E-state index contributed by atoms with van der Waals surface area (Å²) in [6, 6.07) is 17.9. The van der Waals surface area contributed by atoms with E-state index in [2.05, 4.69) is 22.0 Å². The lowest BCUT2D eigenvalue weighted by Gasteiger charge is -2.31. The molecule has 1 saturated heterocycles. The second kappa shape index (κ2) is 8.63. The summed E-state index contributed by atoms with van der Waals surface area (Å²) in [6.45, 7) is 3.69. The first kappa shape index (κ1) is 19.4. The number of imidazole rings is 1. The molecule has 0 unspecified atom stereocenters. The molecule has 1 N–H and O–H groups in total. The van der Waals surface area contributed by atoms with E-state index in [0.29, 0.717) is 17.0 Å². The molecule has 1 aliphatic rings. The van der Waals surface area contributed by atoms with Gasteiger partial charge in [-0.15, -0.1) is 0 Å². The molecule has 2 aromatic carbocycles. The molecule has 4 rings (SSSR count). The van der Waals surface area contributed by atoms with E-state index >= 15 is 0 Å². The fraction of sp³-hybridized carbons (Fsp3) is 0.273. The van der Waals surface area contributed by atoms with Gasteiger partial charge >= 0.3 is 0 Å². The standard InChI is InChI=1S/C22H24N4O2S/c1-24(16-17-7-5-6-10-19(17)25-11-13-28-14-12-25)21(27)20-15-23-22(29)26(20)18-8-3-2-4-9-18/h2-10,15H,11-14,16H2,1H3,(H,23,29). The number of morpholine rings is 1. The fourth-order valence-corrected chi connectivity index (χ4v) is 3.90. The molecule has 0 spiro atoms. The third-order valence-electron chi connectivity index (χ3n) is 5.11. The van der Waals surface area contributed by atoms with Gasteiger partial charge in [-0.3, -0.25) is 9.36 Å². The zero-order valence-corrected chi connectivity index (χ0v) is 17.2. The van der Waals surface area contributed by atoms with Gasteiger partial charge in [0.15, 0.2) is 4.77 Å². The van der Waals surface area contributed by atoms with Gasteiger partial charge in [-0.1, -0.05) is 36.4 Å². The van der Waals surface area contributed by atoms with Gasteiger partial charge in [-0.2, -0.15) is 0 Å². The average Bonchev–Trinajstić information content (AvgIpc) is 3.16. The summed E-state index contributed by atoms with van der Waals surface area (Å²) in [5.74, 6) is -0.0852. The van der Waals surface area contributed by atoms with E-state index in [9.17, 15) is 4.79 Å². The number of hydrogen-bond acceptors (Lipinski definition) is 4. The zero-order chi connectivity index (χ0) is 20.2. The third kappa shape index (κ3) is 4.11. The Hall–Kier alpha value is -2.90. The second-order valence-electron chi connectivity index (χ2n) is 7.04. The maximum absolute atomic E-state index is 13.2. The largest absolute Gasteiger partial charge is 0.378 e. The maximum atomic E-state index is 13.2. The number of H-pyrrole nitrogens is 1. The van der Waals surface area contributed by atoms with Crippen molar-refractivity contribution in [3.8, 4) is 5.69 Å². The molecule has 1 aliphatic heterocycles. The first-order chi connectivity index (χ1) is 14.1. The Bertz CT molecular complexity index is 1040. The van der Waals surface area contributed by atoms with Crippen molar-refractivity contribution in [3.05, 3.63) is 76.8 Å². The summed E-state index contributed by atoms with van der Waals surface area (Å²) >= 11 is 5.41. The molecule has 0 saturated carbocycles. The average molecular weight is 409 g/mol. The van der Waals surface area contributed by atoms with Crippen molar-refractivity contribution >= 4 is 23.8 Å². The SMILES string of the molecule is CN(Cc1ccccc1N1CCOCC1)C(=O)c1c[nH]c(=S)n1-c1ccccc1. The van der Waals surface area contributed by atoms with Gasteiger partial charge in [-0.05, 0) is 36.0 Å². The highest BCUT2D eigenvalue weighted by Crippen LogP contribution is 2.23. The number of nitrogens with zero attached hydrogens (tertiary/aromatic N) is 3. The van der Waals surface area contributed by atoms with Crippen LogP contribution in [0.4, 0.5) is 5.69 Å². The lowest BCUT2D eigenvalue weighted by Crippen LogP contribution is -2.37. The summed E-state index contributed by atoms with van der Waals surface area (Å²) < 4.78 is 7.75. The molecule has 0 radical (unpaired) electrons. The van der Waals surface area contributed by atoms with Gasteiger partial charge in [0.05, 0.1) is 13.2 Å². The normalized spacial score (nSPS) is 14.0. The predicted octanol–water partition coefficient (Wildman–Crippen LogP) is 3.64. The van der Waals surface area contributed by atoms with Gasteiger partial charge in [0, 0.05) is 44.3 Å². The van der Waals surface area contributed by atoms with Crippen LogP contribution in [0.1, 0.15) is 16.1 Å². The minimum atomic E-state index is -0.0852. The molecule has 0 atom stereocenters. The summed E-state index contributed by atoms with van der Waals surface area (Å²) in [4.78, 5) is 20.3. The minimum Gasteiger partial charge on any atom is -0.378 e. The van der Waals surface area contributed by atoms with Crippen LogP contribution in [0.15, 0.2) is 60.8 Å². The summed E-state index contributed by atoms with van der Waals surface area (Å²) in [7, 11) is 1.82. The van der Waals surface area contributed by atoms with E-state index in [1.165, 1.54) is 0 Å². The Kier molecular flexibility index (Phi) is 5.78. The van der Waals surface area contributed by atoms with E-state index in [1.807, 2.05) is 49.5 Å². The van der Waals surface area contributed by atoms with Crippen molar-refractivity contribution in [3.63, 3.8) is 0 Å². The van der Waals surface area contributed by atoms with Crippen LogP contribution in [-0.4, -0.2) is 53.7 Å². The smallest absolute Gasteiger partial charge is 0.272 e. The van der Waals surface area contributed by atoms with E-state index in [0.717, 1.165) is 43.2 Å². The Morgan fingerprint density at radius 3 is 2.55 bits per heavy atom. The highest BCUT2D eigenvalue weighted by atomic mass is 32.1. The van der Waals surface area contributed by atoms with Crippen LogP contribution in [0.2, 0.25) is 0 Å². The summed E-state index contributed by atoms with van der Waals surface area (Å²) in [5, 5.41) is 0. The van der Waals surface area contributed by atoms with Crippen LogP contribution in [0.3, 0.4) is 0 Å². The van der Waals surface area contributed by atoms with Crippen LogP contribution >= 0.6 is 12.2 Å². The molecule has 3 aromatic rings. The maximum Gasteiger partial charge on any atom is 0.272 e. The van der Waals surface area contributed by atoms with Gasteiger partial charge in [0.25, 0.3) is 5.91 Å². The first-order valence-corrected chi connectivity index (χ1v) is 10.1. The number of para-hydroxylation sites is 2. The second-order valence-corrected chi connectivity index (χ2v) is 7.43. The summed E-state index contributed by atoms with van der Waals surface area (Å²) in [6.07, 6.45) is 1.68. The third-order valence-corrected chi connectivity index (χ3v) is 5.41. The zero-order valence-electron chi connectivity index (χ0n) is 16.4. The monoisotopic (exact) mass is 408 g/mol. The van der Waals surface area contributed by atoms with Crippen molar-refractivity contribution in [2.24, 2.45) is 0 Å². The van der Waals surface area contributed by atoms with Gasteiger partial charge < -0.3 is 19.5 Å². The number of aromatic amines is 1. The number of rotatable bonds is 5. The highest BCUT2D eigenvalue weighted by molar-refractivity contribution is 7.71. The van der Waals surface area contributed by atoms with Crippen molar-refractivity contribution < 1.29 is 9.53 Å². The number of carbonyl (C=O) groups excluding carboxylic acids is 1. The van der Waals surface area contributed by atoms with Crippen molar-refractivity contribution in [2.45, 2.75) is 6.54 Å². The van der Waals surface area contributed by atoms with E-state index in [4.69, 9.17) is 17.0 Å². The number of aromatic nitrogens is 2. The lowest BCUT2D eigenvalue weighted by molar-refractivity contribution is 0.0777. The molecule has 29 heavy (non-hydrogen) atoms. The molecule has 150 valence electrons. The molecule has 0 bridgehead atoms. The number of hydrogen-bond donors (Lipinski definition) is 1. The molecule has 6 nitrogen and oxygen atoms in total. The Morgan fingerprint density at radius 1 is 1.10 bits per heavy atom. The molecule has 2 heterocycles. The predicted molar refractivity (Wildman–Crippen MR) is 116 cm³/mol. The van der Waals surface area contributed by atoms with Crippen molar-refractivity contribution in [1.29, 1.82) is 0 Å². The van der Waals surface area contributed by atoms with Gasteiger partial charge in [0.1, 0.15) is 5.69 Å². The molecule has 7 heteroatoms. The van der Waals surface area contributed by atoms with Crippen LogP contribution in [-0.2, 0) is 11.3 Å². The molecule has 1 fully saturated rings. The quantitative estimate of drug-likeness (QED) is 0.655. The topological polar surface area (TPSA) is 53.5 Å². The number of anilines is 1. The summed E-state index contributed by atoms with van der Waals surface area (Å²) in [5.41, 5.74) is 3.66. The Labute approximate surface area is 175 Å². The van der Waals surface area contributed by atoms with Crippen LogP contribution in [0.25, 0.3) is 5.69 Å². The molecule has 1 aromatic heterocycles. The molecule has 0 aliphatic carbocycles. The van der Waals surface area contributed by atoms with Gasteiger partial charge in [-0.25, -0.2) is 0 Å². The number of carbonyl (C=O) groups is 1. The fourth-order valence-electron chi connectivity index (χ4n) is 3.64. The van der Waals surface area contributed by atoms with Crippen LogP contribution in [0.5, 0.6) is 0 Å². The van der Waals surface area contributed by atoms with Crippen molar-refractivity contribution in [2.75, 3.05) is 38.3 Å². The van der Waals surface area contributed by atoms with Crippen molar-refractivity contribution in [1.82, 2.24) is 14.5 Å². The molecular weight excluding hydrogens is 384 g/mol. The van der Waals surface area contributed by atoms with E-state index < -0.39 is 0 Å². The number of nitrogens with one attached hydrogen (secondary N) is 1. The van der Waals surface area contributed by atoms with E-state index in [-0.39, 0.29) is 5.91 Å². The Balaban J connectivity index is 1.59. The number of benzene rings is 2. The number of ether oxygens (including phenoxy) is 1.